The van der Waals surface area contributed by atoms with E-state index < -0.39 is 0 Å². The molecule has 15 heavy (non-hydrogen) atoms. The second kappa shape index (κ2) is 4.72. The predicted octanol–water partition coefficient (Wildman–Crippen LogP) is 1.03. The molecule has 0 amide bonds. The molecule has 0 bridgehead atoms. The summed E-state index contributed by atoms with van der Waals surface area (Å²) >= 11 is 0. The summed E-state index contributed by atoms with van der Waals surface area (Å²) in [4.78, 5) is 6.64. The number of nitrogens with zero attached hydrogens (tertiary/aromatic N) is 3. The molecule has 1 aliphatic rings. The number of rotatable bonds is 4. The number of hydrogen-bond donors (Lipinski definition) is 0. The van der Waals surface area contributed by atoms with Gasteiger partial charge < -0.3 is 9.26 Å². The first-order valence-corrected chi connectivity index (χ1v) is 5.33. The van der Waals surface area contributed by atoms with Crippen molar-refractivity contribution in [1.29, 1.82) is 0 Å². The minimum atomic E-state index is 0.314. The summed E-state index contributed by atoms with van der Waals surface area (Å²) in [7, 11) is 3.77. The summed E-state index contributed by atoms with van der Waals surface area (Å²) in [5, 5.41) is 3.94. The van der Waals surface area contributed by atoms with E-state index in [1.807, 2.05) is 0 Å². The average Bonchev–Trinajstić information content (AvgIpc) is 2.83. The SMILES string of the molecule is COCCc1noc(C2CCCN2C)n1. The Labute approximate surface area is 89.4 Å². The van der Waals surface area contributed by atoms with E-state index in [1.54, 1.807) is 7.11 Å². The van der Waals surface area contributed by atoms with Gasteiger partial charge in [0.25, 0.3) is 0 Å². The lowest BCUT2D eigenvalue weighted by Gasteiger charge is -2.14. The molecule has 0 saturated carbocycles. The van der Waals surface area contributed by atoms with Gasteiger partial charge in [0.2, 0.25) is 5.89 Å². The third-order valence-electron chi connectivity index (χ3n) is 2.82. The van der Waals surface area contributed by atoms with E-state index in [-0.39, 0.29) is 0 Å². The Balaban J connectivity index is 1.99. The van der Waals surface area contributed by atoms with Gasteiger partial charge in [-0.3, -0.25) is 4.90 Å². The maximum atomic E-state index is 5.26. The van der Waals surface area contributed by atoms with Gasteiger partial charge in [0.1, 0.15) is 0 Å². The molecule has 1 aromatic rings. The molecule has 0 aromatic carbocycles. The molecule has 0 radical (unpaired) electrons. The van der Waals surface area contributed by atoms with E-state index in [0.717, 1.165) is 31.1 Å². The lowest BCUT2D eigenvalue weighted by molar-refractivity contribution is 0.199. The molecule has 1 atom stereocenters. The van der Waals surface area contributed by atoms with Crippen molar-refractivity contribution in [3.8, 4) is 0 Å². The van der Waals surface area contributed by atoms with Crippen molar-refractivity contribution < 1.29 is 9.26 Å². The summed E-state index contributed by atoms with van der Waals surface area (Å²) in [6, 6.07) is 0.314. The Morgan fingerprint density at radius 2 is 2.47 bits per heavy atom. The maximum absolute atomic E-state index is 5.26. The molecule has 1 saturated heterocycles. The third-order valence-corrected chi connectivity index (χ3v) is 2.82. The fourth-order valence-electron chi connectivity index (χ4n) is 1.92. The highest BCUT2D eigenvalue weighted by atomic mass is 16.5. The van der Waals surface area contributed by atoms with Gasteiger partial charge in [0.15, 0.2) is 5.82 Å². The van der Waals surface area contributed by atoms with Gasteiger partial charge in [-0.25, -0.2) is 0 Å². The summed E-state index contributed by atoms with van der Waals surface area (Å²) in [6.07, 6.45) is 3.04. The normalized spacial score (nSPS) is 22.4. The maximum Gasteiger partial charge on any atom is 0.243 e. The molecule has 1 aromatic heterocycles. The van der Waals surface area contributed by atoms with Gasteiger partial charge >= 0.3 is 0 Å². The largest absolute Gasteiger partial charge is 0.384 e. The van der Waals surface area contributed by atoms with Crippen LogP contribution in [0.4, 0.5) is 0 Å². The van der Waals surface area contributed by atoms with E-state index >= 15 is 0 Å². The molecule has 5 heteroatoms. The molecule has 84 valence electrons. The van der Waals surface area contributed by atoms with Crippen LogP contribution < -0.4 is 0 Å². The van der Waals surface area contributed by atoms with Crippen molar-refractivity contribution in [2.45, 2.75) is 25.3 Å². The number of ether oxygens (including phenoxy) is 1. The quantitative estimate of drug-likeness (QED) is 0.744. The first-order valence-electron chi connectivity index (χ1n) is 5.33. The molecule has 0 aliphatic carbocycles. The zero-order valence-electron chi connectivity index (χ0n) is 9.27. The summed E-state index contributed by atoms with van der Waals surface area (Å²) in [6.45, 7) is 1.75. The fraction of sp³-hybridized carbons (Fsp3) is 0.800. The summed E-state index contributed by atoms with van der Waals surface area (Å²) in [5.41, 5.74) is 0. The molecule has 2 heterocycles. The smallest absolute Gasteiger partial charge is 0.243 e. The number of methoxy groups -OCH3 is 1. The van der Waals surface area contributed by atoms with Crippen LogP contribution >= 0.6 is 0 Å². The third kappa shape index (κ3) is 2.35. The van der Waals surface area contributed by atoms with E-state index in [0.29, 0.717) is 12.6 Å². The molecular weight excluding hydrogens is 194 g/mol. The first-order chi connectivity index (χ1) is 7.31. The number of likely N-dealkylation sites (tertiary alicyclic amines) is 1. The minimum Gasteiger partial charge on any atom is -0.384 e. The molecule has 1 fully saturated rings. The van der Waals surface area contributed by atoms with Crippen LogP contribution in [0, 0.1) is 0 Å². The van der Waals surface area contributed by atoms with Crippen molar-refractivity contribution in [3.05, 3.63) is 11.7 Å². The Morgan fingerprint density at radius 3 is 3.13 bits per heavy atom. The number of aromatic nitrogens is 2. The fourth-order valence-corrected chi connectivity index (χ4v) is 1.92. The van der Waals surface area contributed by atoms with E-state index in [1.165, 1.54) is 6.42 Å². The van der Waals surface area contributed by atoms with Crippen molar-refractivity contribution in [1.82, 2.24) is 15.0 Å². The van der Waals surface area contributed by atoms with Crippen molar-refractivity contribution >= 4 is 0 Å². The Morgan fingerprint density at radius 1 is 1.60 bits per heavy atom. The minimum absolute atomic E-state index is 0.314. The first kappa shape index (κ1) is 10.6. The van der Waals surface area contributed by atoms with Crippen LogP contribution in [0.3, 0.4) is 0 Å². The van der Waals surface area contributed by atoms with Crippen LogP contribution in [0.1, 0.15) is 30.6 Å². The topological polar surface area (TPSA) is 51.4 Å². The standard InChI is InChI=1S/C10H17N3O2/c1-13-6-3-4-8(13)10-11-9(12-15-10)5-7-14-2/h8H,3-7H2,1-2H3. The zero-order chi connectivity index (χ0) is 10.7. The predicted molar refractivity (Wildman–Crippen MR) is 54.5 cm³/mol. The van der Waals surface area contributed by atoms with Gasteiger partial charge in [-0.2, -0.15) is 4.98 Å². The van der Waals surface area contributed by atoms with Gasteiger partial charge in [-0.15, -0.1) is 0 Å². The Bertz CT molecular complexity index is 313. The van der Waals surface area contributed by atoms with Crippen molar-refractivity contribution in [3.63, 3.8) is 0 Å². The van der Waals surface area contributed by atoms with Gasteiger partial charge in [-0.1, -0.05) is 5.16 Å². The highest BCUT2D eigenvalue weighted by molar-refractivity contribution is 4.96. The van der Waals surface area contributed by atoms with Crippen LogP contribution in [-0.4, -0.2) is 42.3 Å². The van der Waals surface area contributed by atoms with Gasteiger partial charge in [0, 0.05) is 13.5 Å². The highest BCUT2D eigenvalue weighted by Crippen LogP contribution is 2.28. The summed E-state index contributed by atoms with van der Waals surface area (Å²) < 4.78 is 10.2. The zero-order valence-corrected chi connectivity index (χ0v) is 9.27. The molecule has 1 unspecified atom stereocenters. The molecular formula is C10H17N3O2. The van der Waals surface area contributed by atoms with Crippen LogP contribution in [0.5, 0.6) is 0 Å². The monoisotopic (exact) mass is 211 g/mol. The molecule has 0 N–H and O–H groups in total. The van der Waals surface area contributed by atoms with Crippen molar-refractivity contribution in [2.75, 3.05) is 27.3 Å². The lowest BCUT2D eigenvalue weighted by Crippen LogP contribution is -2.17. The second-order valence-electron chi connectivity index (χ2n) is 3.93. The molecule has 2 rings (SSSR count). The van der Waals surface area contributed by atoms with E-state index in [2.05, 4.69) is 22.1 Å². The Hall–Kier alpha value is -0.940. The second-order valence-corrected chi connectivity index (χ2v) is 3.93. The molecule has 5 nitrogen and oxygen atoms in total. The Kier molecular flexibility index (Phi) is 3.33. The van der Waals surface area contributed by atoms with Crippen LogP contribution in [0.2, 0.25) is 0 Å². The summed E-state index contributed by atoms with van der Waals surface area (Å²) in [5.74, 6) is 1.49. The number of hydrogen-bond acceptors (Lipinski definition) is 5. The lowest BCUT2D eigenvalue weighted by atomic mass is 10.2. The van der Waals surface area contributed by atoms with Crippen molar-refractivity contribution in [2.24, 2.45) is 0 Å². The van der Waals surface area contributed by atoms with Crippen LogP contribution in [0.25, 0.3) is 0 Å². The van der Waals surface area contributed by atoms with Crippen LogP contribution in [-0.2, 0) is 11.2 Å². The molecule has 1 aliphatic heterocycles. The van der Waals surface area contributed by atoms with Gasteiger partial charge in [0.05, 0.1) is 12.6 Å². The highest BCUT2D eigenvalue weighted by Gasteiger charge is 2.27. The van der Waals surface area contributed by atoms with Gasteiger partial charge in [-0.05, 0) is 26.4 Å². The van der Waals surface area contributed by atoms with E-state index in [4.69, 9.17) is 9.26 Å². The van der Waals surface area contributed by atoms with Crippen LogP contribution in [0.15, 0.2) is 4.52 Å². The average molecular weight is 211 g/mol. The molecule has 0 spiro atoms. The van der Waals surface area contributed by atoms with E-state index in [9.17, 15) is 0 Å².